The van der Waals surface area contributed by atoms with Crippen molar-refractivity contribution >= 4 is 18.0 Å². The quantitative estimate of drug-likeness (QED) is 0.397. The molecule has 0 bridgehead atoms. The largest absolute Gasteiger partial charge is 0.478 e. The molecule has 2 amide bonds. The summed E-state index contributed by atoms with van der Waals surface area (Å²) in [5.41, 5.74) is 5.03. The summed E-state index contributed by atoms with van der Waals surface area (Å²) in [7, 11) is 0. The molecule has 1 aliphatic heterocycles. The molecule has 1 N–H and O–H groups in total. The monoisotopic (exact) mass is 528 g/mol. The Bertz CT molecular complexity index is 1310. The second kappa shape index (κ2) is 12.2. The van der Waals surface area contributed by atoms with Crippen molar-refractivity contribution in [3.63, 3.8) is 0 Å². The van der Waals surface area contributed by atoms with Crippen LogP contribution in [-0.4, -0.2) is 45.0 Å². The van der Waals surface area contributed by atoms with Crippen molar-refractivity contribution in [3.8, 4) is 0 Å². The molecular formula is C32H36N2O5. The second-order valence-corrected chi connectivity index (χ2v) is 11.0. The van der Waals surface area contributed by atoms with E-state index in [9.17, 15) is 19.5 Å². The van der Waals surface area contributed by atoms with Crippen molar-refractivity contribution in [2.24, 2.45) is 0 Å². The summed E-state index contributed by atoms with van der Waals surface area (Å²) in [6.07, 6.45) is 1.44. The summed E-state index contributed by atoms with van der Waals surface area (Å²) in [5, 5.41) is 9.18. The fourth-order valence-electron chi connectivity index (χ4n) is 4.66. The minimum absolute atomic E-state index is 0.0370. The molecule has 0 radical (unpaired) electrons. The standard InChI is InChI=1S/C32H36N2O5/c1-32(2,3)39-31(38)33-18-17-27-19-23(9-15-28(27)22-33)12-16-29(35)34(20-24-7-5-4-6-8-24)21-25-10-13-26(14-11-25)30(36)37/h4-11,13-15,19H,12,16-18,20-22H2,1-3H3,(H,36,37). The van der Waals surface area contributed by atoms with Gasteiger partial charge < -0.3 is 19.6 Å². The number of carboxylic acids is 1. The van der Waals surface area contributed by atoms with Gasteiger partial charge in [-0.15, -0.1) is 0 Å². The van der Waals surface area contributed by atoms with E-state index < -0.39 is 11.6 Å². The zero-order valence-electron chi connectivity index (χ0n) is 22.9. The van der Waals surface area contributed by atoms with Crippen LogP contribution in [0.4, 0.5) is 4.79 Å². The van der Waals surface area contributed by atoms with Crippen LogP contribution >= 0.6 is 0 Å². The summed E-state index contributed by atoms with van der Waals surface area (Å²) >= 11 is 0. The molecule has 3 aromatic rings. The average Bonchev–Trinajstić information content (AvgIpc) is 2.91. The highest BCUT2D eigenvalue weighted by atomic mass is 16.6. The van der Waals surface area contributed by atoms with E-state index in [1.54, 1.807) is 29.2 Å². The molecule has 0 aromatic heterocycles. The molecule has 0 unspecified atom stereocenters. The van der Waals surface area contributed by atoms with Crippen LogP contribution in [0.1, 0.15) is 65.4 Å². The highest BCUT2D eigenvalue weighted by Crippen LogP contribution is 2.23. The summed E-state index contributed by atoms with van der Waals surface area (Å²) in [5.74, 6) is -0.934. The van der Waals surface area contributed by atoms with Gasteiger partial charge in [0.1, 0.15) is 5.60 Å². The molecule has 0 fully saturated rings. The molecule has 0 aliphatic carbocycles. The topological polar surface area (TPSA) is 87.2 Å². The fourth-order valence-corrected chi connectivity index (χ4v) is 4.66. The van der Waals surface area contributed by atoms with Crippen LogP contribution in [-0.2, 0) is 42.0 Å². The van der Waals surface area contributed by atoms with Crippen LogP contribution in [0, 0.1) is 0 Å². The third-order valence-corrected chi connectivity index (χ3v) is 6.71. The van der Waals surface area contributed by atoms with E-state index in [-0.39, 0.29) is 17.6 Å². The number of carboxylic acid groups (broad SMARTS) is 1. The van der Waals surface area contributed by atoms with Gasteiger partial charge in [-0.2, -0.15) is 0 Å². The number of aromatic carboxylic acids is 1. The molecule has 1 heterocycles. The van der Waals surface area contributed by atoms with Crippen LogP contribution in [0.2, 0.25) is 0 Å². The van der Waals surface area contributed by atoms with Gasteiger partial charge in [-0.25, -0.2) is 9.59 Å². The Hall–Kier alpha value is -4.13. The molecule has 7 heteroatoms. The van der Waals surface area contributed by atoms with E-state index in [0.717, 1.165) is 28.7 Å². The van der Waals surface area contributed by atoms with Crippen LogP contribution in [0.25, 0.3) is 0 Å². The fraction of sp³-hybridized carbons (Fsp3) is 0.344. The number of carbonyl (C=O) groups excluding carboxylic acids is 2. The van der Waals surface area contributed by atoms with Crippen LogP contribution in [0.3, 0.4) is 0 Å². The zero-order valence-corrected chi connectivity index (χ0v) is 22.9. The van der Waals surface area contributed by atoms with Crippen molar-refractivity contribution in [2.45, 2.75) is 65.3 Å². The molecule has 204 valence electrons. The maximum Gasteiger partial charge on any atom is 0.410 e. The molecule has 7 nitrogen and oxygen atoms in total. The van der Waals surface area contributed by atoms with Gasteiger partial charge in [0.25, 0.3) is 0 Å². The van der Waals surface area contributed by atoms with E-state index in [4.69, 9.17) is 4.74 Å². The lowest BCUT2D eigenvalue weighted by atomic mass is 9.96. The Morgan fingerprint density at radius 1 is 0.872 bits per heavy atom. The first-order chi connectivity index (χ1) is 18.6. The number of hydrogen-bond donors (Lipinski definition) is 1. The van der Waals surface area contributed by atoms with E-state index in [0.29, 0.717) is 39.0 Å². The summed E-state index contributed by atoms with van der Waals surface area (Å²) in [6, 6.07) is 22.8. The van der Waals surface area contributed by atoms with Gasteiger partial charge in [-0.1, -0.05) is 60.7 Å². The van der Waals surface area contributed by atoms with E-state index >= 15 is 0 Å². The molecule has 0 saturated heterocycles. The number of nitrogens with zero attached hydrogens (tertiary/aromatic N) is 2. The lowest BCUT2D eigenvalue weighted by Crippen LogP contribution is -2.39. The van der Waals surface area contributed by atoms with Crippen molar-refractivity contribution < 1.29 is 24.2 Å². The summed E-state index contributed by atoms with van der Waals surface area (Å²) in [4.78, 5) is 40.6. The molecular weight excluding hydrogens is 492 g/mol. The summed E-state index contributed by atoms with van der Waals surface area (Å²) < 4.78 is 5.52. The Balaban J connectivity index is 1.40. The van der Waals surface area contributed by atoms with Crippen molar-refractivity contribution in [1.82, 2.24) is 9.80 Å². The van der Waals surface area contributed by atoms with Gasteiger partial charge in [-0.3, -0.25) is 4.79 Å². The first-order valence-electron chi connectivity index (χ1n) is 13.3. The zero-order chi connectivity index (χ0) is 28.0. The van der Waals surface area contributed by atoms with Crippen molar-refractivity contribution in [3.05, 3.63) is 106 Å². The lowest BCUT2D eigenvalue weighted by molar-refractivity contribution is -0.132. The number of benzene rings is 3. The number of rotatable bonds is 8. The predicted octanol–water partition coefficient (Wildman–Crippen LogP) is 5.84. The third kappa shape index (κ3) is 7.93. The van der Waals surface area contributed by atoms with Crippen molar-refractivity contribution in [1.29, 1.82) is 0 Å². The number of amides is 2. The Morgan fingerprint density at radius 2 is 1.51 bits per heavy atom. The number of ether oxygens (including phenoxy) is 1. The molecule has 4 rings (SSSR count). The van der Waals surface area contributed by atoms with Gasteiger partial charge in [0.2, 0.25) is 5.91 Å². The molecule has 0 atom stereocenters. The average molecular weight is 529 g/mol. The minimum atomic E-state index is -0.971. The summed E-state index contributed by atoms with van der Waals surface area (Å²) in [6.45, 7) is 7.61. The smallest absolute Gasteiger partial charge is 0.410 e. The first-order valence-corrected chi connectivity index (χ1v) is 13.3. The molecule has 39 heavy (non-hydrogen) atoms. The Kier molecular flexibility index (Phi) is 8.69. The molecule has 1 aliphatic rings. The van der Waals surface area contributed by atoms with E-state index in [1.807, 2.05) is 62.1 Å². The number of fused-ring (bicyclic) bond motifs is 1. The maximum atomic E-state index is 13.4. The van der Waals surface area contributed by atoms with Crippen LogP contribution in [0.15, 0.2) is 72.8 Å². The number of aryl methyl sites for hydroxylation is 1. The highest BCUT2D eigenvalue weighted by Gasteiger charge is 2.26. The predicted molar refractivity (Wildman–Crippen MR) is 149 cm³/mol. The normalized spacial score (nSPS) is 12.9. The molecule has 3 aromatic carbocycles. The van der Waals surface area contributed by atoms with Gasteiger partial charge in [0, 0.05) is 32.6 Å². The van der Waals surface area contributed by atoms with E-state index in [2.05, 4.69) is 12.1 Å². The second-order valence-electron chi connectivity index (χ2n) is 11.0. The van der Waals surface area contributed by atoms with Gasteiger partial charge >= 0.3 is 12.1 Å². The Labute approximate surface area is 230 Å². The van der Waals surface area contributed by atoms with Crippen LogP contribution in [0.5, 0.6) is 0 Å². The SMILES string of the molecule is CC(C)(C)OC(=O)N1CCc2cc(CCC(=O)N(Cc3ccccc3)Cc3ccc(C(=O)O)cc3)ccc2C1. The van der Waals surface area contributed by atoms with Crippen molar-refractivity contribution in [2.75, 3.05) is 6.54 Å². The number of carbonyl (C=O) groups is 3. The highest BCUT2D eigenvalue weighted by molar-refractivity contribution is 5.87. The Morgan fingerprint density at radius 3 is 2.15 bits per heavy atom. The molecule has 0 spiro atoms. The maximum absolute atomic E-state index is 13.4. The van der Waals surface area contributed by atoms with E-state index in [1.165, 1.54) is 5.56 Å². The van der Waals surface area contributed by atoms with Gasteiger partial charge in [0.15, 0.2) is 0 Å². The molecule has 0 saturated carbocycles. The van der Waals surface area contributed by atoms with Gasteiger partial charge in [-0.05, 0) is 73.6 Å². The number of hydrogen-bond acceptors (Lipinski definition) is 4. The van der Waals surface area contributed by atoms with Gasteiger partial charge in [0.05, 0.1) is 5.56 Å². The first kappa shape index (κ1) is 27.9. The minimum Gasteiger partial charge on any atom is -0.478 e. The third-order valence-electron chi connectivity index (χ3n) is 6.71. The lowest BCUT2D eigenvalue weighted by Gasteiger charge is -2.31. The van der Waals surface area contributed by atoms with Crippen LogP contribution < -0.4 is 0 Å².